The average Bonchev–Trinajstić information content (AvgIpc) is 3.64. The lowest BCUT2D eigenvalue weighted by Crippen LogP contribution is -2.40. The minimum absolute atomic E-state index is 0.180. The highest BCUT2D eigenvalue weighted by Gasteiger charge is 2.25. The second kappa shape index (κ2) is 69.1. The molecule has 0 heterocycles. The third kappa shape index (κ3) is 70.5. The van der Waals surface area contributed by atoms with Crippen LogP contribution in [-0.2, 0) is 33.3 Å². The van der Waals surface area contributed by atoms with Crippen LogP contribution in [0.25, 0.3) is 0 Å². The fourth-order valence-electron chi connectivity index (χ4n) is 9.60. The highest BCUT2D eigenvalue weighted by Crippen LogP contribution is 2.16. The maximum atomic E-state index is 13.0. The number of carbonyl (C=O) groups is 3. The van der Waals surface area contributed by atoms with Crippen molar-refractivity contribution < 1.29 is 42.9 Å². The molecule has 0 fully saturated rings. The first-order valence-electron chi connectivity index (χ1n) is 36.0. The summed E-state index contributed by atoms with van der Waals surface area (Å²) in [4.78, 5) is 37.6. The molecule has 0 aromatic heterocycles. The van der Waals surface area contributed by atoms with Gasteiger partial charge in [0.1, 0.15) is 13.2 Å². The van der Waals surface area contributed by atoms with E-state index in [0.29, 0.717) is 17.4 Å². The van der Waals surface area contributed by atoms with Crippen molar-refractivity contribution in [2.24, 2.45) is 0 Å². The van der Waals surface area contributed by atoms with Gasteiger partial charge in [-0.15, -0.1) is 0 Å². The average molecular weight is 1240 g/mol. The Labute approximate surface area is 547 Å². The zero-order chi connectivity index (χ0) is 64.7. The molecule has 0 rings (SSSR count). The molecule has 89 heavy (non-hydrogen) atoms. The van der Waals surface area contributed by atoms with Gasteiger partial charge in [-0.2, -0.15) is 0 Å². The van der Waals surface area contributed by atoms with E-state index in [4.69, 9.17) is 18.9 Å². The molecule has 0 radical (unpaired) electrons. The van der Waals surface area contributed by atoms with Crippen LogP contribution in [-0.4, -0.2) is 87.4 Å². The summed E-state index contributed by atoms with van der Waals surface area (Å²) in [6, 6.07) is 0. The number of esters is 2. The van der Waals surface area contributed by atoms with E-state index in [9.17, 15) is 19.5 Å². The maximum absolute atomic E-state index is 13.0. The van der Waals surface area contributed by atoms with Crippen LogP contribution >= 0.6 is 0 Å². The molecule has 0 aliphatic heterocycles. The molecule has 9 nitrogen and oxygen atoms in total. The number of allylic oxidation sites excluding steroid dienone is 24. The minimum atomic E-state index is -1.52. The van der Waals surface area contributed by atoms with Gasteiger partial charge in [0.15, 0.2) is 6.10 Å². The Balaban J connectivity index is 4.13. The van der Waals surface area contributed by atoms with Crippen LogP contribution in [0.5, 0.6) is 0 Å². The van der Waals surface area contributed by atoms with E-state index in [1.807, 2.05) is 21.1 Å². The predicted octanol–water partition coefficient (Wildman–Crippen LogP) is 22.7. The minimum Gasteiger partial charge on any atom is -0.477 e. The Bertz CT molecular complexity index is 1970. The molecule has 0 amide bonds. The summed E-state index contributed by atoms with van der Waals surface area (Å²) in [6.45, 7) is 4.75. The number of unbranched alkanes of at least 4 members (excludes halogenated alkanes) is 26. The fourth-order valence-corrected chi connectivity index (χ4v) is 9.60. The lowest BCUT2D eigenvalue weighted by atomic mass is 10.0. The number of nitrogens with zero attached hydrogens (tertiary/aromatic N) is 1. The SMILES string of the molecule is CC/C=C\C/C=C\C/C=C\C/C=C\C/C=C\C/C=C\C/C=C\C/C=C\C/C=C\CCCCCCCCCCCCCCCC(=O)OC(COC(=O)CCCCCCCCCC/C=C\C/C=C\C/C=C\CCCCCCC)COC(OCC[N+](C)(C)C)C(=O)O. The number of hydrogen-bond donors (Lipinski definition) is 1. The molecule has 0 spiro atoms. The number of carboxylic acids is 1. The molecule has 2 atom stereocenters. The van der Waals surface area contributed by atoms with Crippen molar-refractivity contribution >= 4 is 17.9 Å². The predicted molar refractivity (Wildman–Crippen MR) is 382 cm³/mol. The molecule has 0 aromatic rings. The van der Waals surface area contributed by atoms with Crippen molar-refractivity contribution in [3.05, 3.63) is 146 Å². The molecule has 2 unspecified atom stereocenters. The molecule has 0 aliphatic rings. The quantitative estimate of drug-likeness (QED) is 0.0211. The van der Waals surface area contributed by atoms with Gasteiger partial charge in [0.2, 0.25) is 0 Å². The van der Waals surface area contributed by atoms with Crippen molar-refractivity contribution in [3.63, 3.8) is 0 Å². The maximum Gasteiger partial charge on any atom is 0.361 e. The number of rotatable bonds is 65. The van der Waals surface area contributed by atoms with Crippen molar-refractivity contribution in [1.29, 1.82) is 0 Å². The second-order valence-electron chi connectivity index (χ2n) is 24.8. The van der Waals surface area contributed by atoms with Crippen LogP contribution in [0.4, 0.5) is 0 Å². The molecule has 9 heteroatoms. The monoisotopic (exact) mass is 1240 g/mol. The topological polar surface area (TPSA) is 108 Å². The summed E-state index contributed by atoms with van der Waals surface area (Å²) < 4.78 is 23.0. The van der Waals surface area contributed by atoms with Crippen molar-refractivity contribution in [2.75, 3.05) is 47.5 Å². The van der Waals surface area contributed by atoms with E-state index in [0.717, 1.165) is 122 Å². The molecule has 0 aromatic carbocycles. The first kappa shape index (κ1) is 84.2. The Hall–Kier alpha value is -4.83. The van der Waals surface area contributed by atoms with Gasteiger partial charge in [-0.25, -0.2) is 4.79 Å². The highest BCUT2D eigenvalue weighted by atomic mass is 16.7. The molecule has 506 valence electrons. The number of quaternary nitrogens is 1. The van der Waals surface area contributed by atoms with Crippen LogP contribution in [0.1, 0.15) is 284 Å². The number of carboxylic acid groups (broad SMARTS) is 1. The van der Waals surface area contributed by atoms with Gasteiger partial charge in [0.25, 0.3) is 6.29 Å². The number of carbonyl (C=O) groups excluding carboxylic acids is 2. The summed E-state index contributed by atoms with van der Waals surface area (Å²) in [5.74, 6) is -2.02. The molecule has 0 bridgehead atoms. The van der Waals surface area contributed by atoms with Crippen LogP contribution in [0.3, 0.4) is 0 Å². The van der Waals surface area contributed by atoms with Gasteiger partial charge in [-0.05, 0) is 122 Å². The Morgan fingerprint density at radius 2 is 0.640 bits per heavy atom. The zero-order valence-corrected chi connectivity index (χ0v) is 57.8. The van der Waals surface area contributed by atoms with Gasteiger partial charge >= 0.3 is 17.9 Å². The van der Waals surface area contributed by atoms with E-state index >= 15 is 0 Å². The molecule has 0 saturated carbocycles. The van der Waals surface area contributed by atoms with Gasteiger partial charge in [0.05, 0.1) is 34.4 Å². The van der Waals surface area contributed by atoms with Crippen LogP contribution in [0.15, 0.2) is 146 Å². The largest absolute Gasteiger partial charge is 0.477 e. The third-order valence-electron chi connectivity index (χ3n) is 15.1. The van der Waals surface area contributed by atoms with E-state index < -0.39 is 24.3 Å². The van der Waals surface area contributed by atoms with Crippen molar-refractivity contribution in [1.82, 2.24) is 0 Å². The van der Waals surface area contributed by atoms with Gasteiger partial charge in [0, 0.05) is 12.8 Å². The summed E-state index contributed by atoms with van der Waals surface area (Å²) >= 11 is 0. The first-order chi connectivity index (χ1) is 43.6. The van der Waals surface area contributed by atoms with Gasteiger partial charge < -0.3 is 28.5 Å². The normalized spacial score (nSPS) is 13.6. The lowest BCUT2D eigenvalue weighted by Gasteiger charge is -2.25. The van der Waals surface area contributed by atoms with Crippen molar-refractivity contribution in [3.8, 4) is 0 Å². The van der Waals surface area contributed by atoms with Crippen LogP contribution in [0, 0.1) is 0 Å². The Morgan fingerprint density at radius 3 is 0.955 bits per heavy atom. The van der Waals surface area contributed by atoms with E-state index in [-0.39, 0.29) is 38.6 Å². The molecule has 1 N–H and O–H groups in total. The Kier molecular flexibility index (Phi) is 65.3. The van der Waals surface area contributed by atoms with E-state index in [1.165, 1.54) is 128 Å². The summed E-state index contributed by atoms with van der Waals surface area (Å²) in [6.07, 6.45) is 98.1. The third-order valence-corrected chi connectivity index (χ3v) is 15.1. The molecular formula is C80H134NO8+. The number of aliphatic carboxylic acids is 1. The lowest BCUT2D eigenvalue weighted by molar-refractivity contribution is -0.870. The van der Waals surface area contributed by atoms with Crippen molar-refractivity contribution in [2.45, 2.75) is 296 Å². The standard InChI is InChI=1S/C80H133NO8/c1-6-8-10-12-14-16-18-20-22-24-26-28-30-31-32-33-34-35-36-37-38-39-40-41-42-43-44-45-46-47-49-51-53-55-57-59-61-63-65-67-69-71-78(83)89-76(75-88-80(79(84)85)86-73-72-81(3,4)5)74-87-77(82)70-68-66-64-62-60-58-56-54-52-50-48-29-27-25-23-21-19-17-15-13-11-9-7-2/h8,10,14,16,19-22,25-28,31-32,34-35,37-38,40-41,43-44,48,50,76,80H,6-7,9,11-13,15,17-18,23-24,29-30,33,36,39,42,45-47,49,51-75H2,1-5H3/p+1/b10-8-,16-14-,21-19-,22-20-,27-25-,28-26-,32-31-,35-34-,38-37-,41-40-,44-43-,50-48-. The van der Waals surface area contributed by atoms with Gasteiger partial charge in [-0.3, -0.25) is 9.59 Å². The number of likely N-dealkylation sites (N-methyl/N-ethyl adjacent to an activating group) is 1. The second-order valence-corrected chi connectivity index (χ2v) is 24.8. The highest BCUT2D eigenvalue weighted by molar-refractivity contribution is 5.71. The summed E-state index contributed by atoms with van der Waals surface area (Å²) in [5, 5.41) is 9.75. The molecule has 0 saturated heterocycles. The van der Waals surface area contributed by atoms with E-state index in [2.05, 4.69) is 160 Å². The van der Waals surface area contributed by atoms with Crippen LogP contribution in [0.2, 0.25) is 0 Å². The first-order valence-corrected chi connectivity index (χ1v) is 36.0. The van der Waals surface area contributed by atoms with E-state index in [1.54, 1.807) is 0 Å². The van der Waals surface area contributed by atoms with Crippen LogP contribution < -0.4 is 0 Å². The zero-order valence-electron chi connectivity index (χ0n) is 57.8. The fraction of sp³-hybridized carbons (Fsp3) is 0.662. The summed E-state index contributed by atoms with van der Waals surface area (Å²) in [5.41, 5.74) is 0. The number of hydrogen-bond acceptors (Lipinski definition) is 7. The van der Waals surface area contributed by atoms with Gasteiger partial charge in [-0.1, -0.05) is 295 Å². The Morgan fingerprint density at radius 1 is 0.348 bits per heavy atom. The summed E-state index contributed by atoms with van der Waals surface area (Å²) in [7, 11) is 5.97. The number of ether oxygens (including phenoxy) is 4. The smallest absolute Gasteiger partial charge is 0.361 e. The molecular weight excluding hydrogens is 1100 g/mol. The molecule has 0 aliphatic carbocycles.